The number of benzene rings is 1. The molecule has 0 bridgehead atoms. The maximum atomic E-state index is 11.8. The molecule has 1 atom stereocenters. The zero-order valence-corrected chi connectivity index (χ0v) is 15.8. The summed E-state index contributed by atoms with van der Waals surface area (Å²) >= 11 is 4.58. The number of anilines is 1. The van der Waals surface area contributed by atoms with Gasteiger partial charge in [0.25, 0.3) is 5.91 Å². The lowest BCUT2D eigenvalue weighted by molar-refractivity contribution is 0.0940. The van der Waals surface area contributed by atoms with E-state index in [-0.39, 0.29) is 11.9 Å². The van der Waals surface area contributed by atoms with Crippen LogP contribution >= 0.6 is 27.3 Å². The van der Waals surface area contributed by atoms with Gasteiger partial charge in [0, 0.05) is 25.3 Å². The summed E-state index contributed by atoms with van der Waals surface area (Å²) in [6.07, 6.45) is 0. The number of carbonyl (C=O) groups excluding carboxylic acids is 2. The molecule has 0 radical (unpaired) electrons. The van der Waals surface area contributed by atoms with Gasteiger partial charge in [0.2, 0.25) is 0 Å². The number of thiophene rings is 1. The van der Waals surface area contributed by atoms with E-state index in [0.717, 1.165) is 9.47 Å². The number of nitrogens with zero attached hydrogens (tertiary/aromatic N) is 1. The van der Waals surface area contributed by atoms with Crippen LogP contribution in [0.15, 0.2) is 46.3 Å². The Kier molecular flexibility index (Phi) is 6.62. The Bertz CT molecular complexity index is 692. The Morgan fingerprint density at radius 3 is 2.50 bits per heavy atom. The number of rotatable bonds is 5. The van der Waals surface area contributed by atoms with Gasteiger partial charge in [-0.2, -0.15) is 0 Å². The highest BCUT2D eigenvalue weighted by atomic mass is 79.9. The maximum absolute atomic E-state index is 11.8. The molecule has 0 fully saturated rings. The van der Waals surface area contributed by atoms with Gasteiger partial charge >= 0.3 is 6.03 Å². The van der Waals surface area contributed by atoms with Gasteiger partial charge in [0.1, 0.15) is 0 Å². The molecule has 8 heteroatoms. The molecule has 1 aromatic carbocycles. The van der Waals surface area contributed by atoms with Crippen molar-refractivity contribution in [2.24, 2.45) is 0 Å². The van der Waals surface area contributed by atoms with E-state index in [1.54, 1.807) is 12.1 Å². The third kappa shape index (κ3) is 5.24. The zero-order chi connectivity index (χ0) is 17.5. The van der Waals surface area contributed by atoms with Gasteiger partial charge in [-0.1, -0.05) is 18.2 Å². The maximum Gasteiger partial charge on any atom is 0.333 e. The largest absolute Gasteiger partial charge is 0.370 e. The van der Waals surface area contributed by atoms with Crippen LogP contribution in [0.25, 0.3) is 0 Å². The fourth-order valence-corrected chi connectivity index (χ4v) is 3.23. The van der Waals surface area contributed by atoms with Gasteiger partial charge in [-0.05, 0) is 47.1 Å². The second-order valence-electron chi connectivity index (χ2n) is 5.19. The summed E-state index contributed by atoms with van der Waals surface area (Å²) in [5, 5.41) is 2.73. The van der Waals surface area contributed by atoms with Gasteiger partial charge < -0.3 is 10.2 Å². The van der Waals surface area contributed by atoms with E-state index in [1.165, 1.54) is 11.3 Å². The van der Waals surface area contributed by atoms with Gasteiger partial charge in [-0.15, -0.1) is 11.3 Å². The van der Waals surface area contributed by atoms with Crippen molar-refractivity contribution in [3.05, 3.63) is 51.1 Å². The second-order valence-corrected chi connectivity index (χ2v) is 7.65. The number of para-hydroxylation sites is 1. The van der Waals surface area contributed by atoms with Crippen molar-refractivity contribution >= 4 is 44.9 Å². The summed E-state index contributed by atoms with van der Waals surface area (Å²) in [5.41, 5.74) is 5.79. The van der Waals surface area contributed by atoms with Gasteiger partial charge in [-0.3, -0.25) is 10.2 Å². The summed E-state index contributed by atoms with van der Waals surface area (Å²) in [5.74, 6) is -0.352. The minimum Gasteiger partial charge on any atom is -0.370 e. The SMILES string of the molecule is CC(CNC(=O)NNC(=O)c1ccc(Br)s1)N(C)c1ccccc1. The van der Waals surface area contributed by atoms with Gasteiger partial charge in [-0.25, -0.2) is 10.2 Å². The number of hydrogen-bond donors (Lipinski definition) is 3. The Hall–Kier alpha value is -2.06. The van der Waals surface area contributed by atoms with E-state index in [1.807, 2.05) is 44.3 Å². The highest BCUT2D eigenvalue weighted by Crippen LogP contribution is 2.21. The zero-order valence-electron chi connectivity index (χ0n) is 13.4. The predicted molar refractivity (Wildman–Crippen MR) is 100 cm³/mol. The molecule has 1 heterocycles. The summed E-state index contributed by atoms with van der Waals surface area (Å²) in [7, 11) is 1.97. The molecule has 2 rings (SSSR count). The minimum absolute atomic E-state index is 0.0992. The molecule has 3 amide bonds. The molecule has 0 aliphatic heterocycles. The fraction of sp³-hybridized carbons (Fsp3) is 0.250. The van der Waals surface area contributed by atoms with E-state index >= 15 is 0 Å². The molecule has 0 aliphatic carbocycles. The quantitative estimate of drug-likeness (QED) is 0.663. The summed E-state index contributed by atoms with van der Waals surface area (Å²) in [6, 6.07) is 13.0. The van der Waals surface area contributed by atoms with Crippen molar-refractivity contribution in [3.8, 4) is 0 Å². The molecule has 3 N–H and O–H groups in total. The molecule has 0 aliphatic rings. The molecule has 1 unspecified atom stereocenters. The molecular weight excluding hydrogens is 392 g/mol. The van der Waals surface area contributed by atoms with Crippen LogP contribution in [0.3, 0.4) is 0 Å². The molecule has 128 valence electrons. The fourth-order valence-electron chi connectivity index (χ4n) is 1.95. The summed E-state index contributed by atoms with van der Waals surface area (Å²) < 4.78 is 0.856. The van der Waals surface area contributed by atoms with Crippen molar-refractivity contribution in [2.45, 2.75) is 13.0 Å². The molecule has 0 saturated carbocycles. The Labute approximate surface area is 153 Å². The first-order valence-electron chi connectivity index (χ1n) is 7.35. The van der Waals surface area contributed by atoms with E-state index in [9.17, 15) is 9.59 Å². The van der Waals surface area contributed by atoms with E-state index < -0.39 is 6.03 Å². The molecule has 2 aromatic rings. The molecule has 0 saturated heterocycles. The van der Waals surface area contributed by atoms with Crippen LogP contribution in [0.5, 0.6) is 0 Å². The summed E-state index contributed by atoms with van der Waals surface area (Å²) in [4.78, 5) is 26.2. The topological polar surface area (TPSA) is 73.5 Å². The molecule has 1 aromatic heterocycles. The Morgan fingerprint density at radius 2 is 1.88 bits per heavy atom. The number of carbonyl (C=O) groups is 2. The molecule has 0 spiro atoms. The van der Waals surface area contributed by atoms with Crippen LogP contribution in [-0.4, -0.2) is 31.6 Å². The van der Waals surface area contributed by atoms with Crippen LogP contribution in [0.1, 0.15) is 16.6 Å². The Balaban J connectivity index is 1.73. The lowest BCUT2D eigenvalue weighted by Gasteiger charge is -2.27. The van der Waals surface area contributed by atoms with E-state index in [0.29, 0.717) is 11.4 Å². The number of nitrogens with one attached hydrogen (secondary N) is 3. The lowest BCUT2D eigenvalue weighted by atomic mass is 10.2. The third-order valence-electron chi connectivity index (χ3n) is 3.47. The number of halogens is 1. The third-order valence-corrected chi connectivity index (χ3v) is 5.09. The molecular formula is C16H19BrN4O2S. The highest BCUT2D eigenvalue weighted by molar-refractivity contribution is 9.11. The average Bonchev–Trinajstić information content (AvgIpc) is 3.04. The second kappa shape index (κ2) is 8.70. The van der Waals surface area contributed by atoms with Crippen LogP contribution in [0.2, 0.25) is 0 Å². The number of hydrazine groups is 1. The van der Waals surface area contributed by atoms with Gasteiger partial charge in [0.05, 0.1) is 8.66 Å². The van der Waals surface area contributed by atoms with Crippen LogP contribution in [0, 0.1) is 0 Å². The first-order valence-corrected chi connectivity index (χ1v) is 8.95. The van der Waals surface area contributed by atoms with Crippen molar-refractivity contribution in [3.63, 3.8) is 0 Å². The lowest BCUT2D eigenvalue weighted by Crippen LogP contribution is -2.49. The average molecular weight is 411 g/mol. The van der Waals surface area contributed by atoms with E-state index in [4.69, 9.17) is 0 Å². The number of urea groups is 1. The highest BCUT2D eigenvalue weighted by Gasteiger charge is 2.12. The number of amides is 3. The Morgan fingerprint density at radius 1 is 1.17 bits per heavy atom. The van der Waals surface area contributed by atoms with Crippen LogP contribution < -0.4 is 21.1 Å². The van der Waals surface area contributed by atoms with Crippen molar-refractivity contribution in [1.29, 1.82) is 0 Å². The number of likely N-dealkylation sites (N-methyl/N-ethyl adjacent to an activating group) is 1. The first kappa shape index (κ1) is 18.3. The van der Waals surface area contributed by atoms with Gasteiger partial charge in [0.15, 0.2) is 0 Å². The minimum atomic E-state index is -0.452. The van der Waals surface area contributed by atoms with Crippen LogP contribution in [-0.2, 0) is 0 Å². The predicted octanol–water partition coefficient (Wildman–Crippen LogP) is 2.98. The van der Waals surface area contributed by atoms with Crippen molar-refractivity contribution in [1.82, 2.24) is 16.2 Å². The van der Waals surface area contributed by atoms with Crippen molar-refractivity contribution in [2.75, 3.05) is 18.5 Å². The molecule has 6 nitrogen and oxygen atoms in total. The monoisotopic (exact) mass is 410 g/mol. The van der Waals surface area contributed by atoms with E-state index in [2.05, 4.69) is 37.0 Å². The summed E-state index contributed by atoms with van der Waals surface area (Å²) in [6.45, 7) is 2.45. The van der Waals surface area contributed by atoms with Crippen molar-refractivity contribution < 1.29 is 9.59 Å². The van der Waals surface area contributed by atoms with Crippen LogP contribution in [0.4, 0.5) is 10.5 Å². The smallest absolute Gasteiger partial charge is 0.333 e. The standard InChI is InChI=1S/C16H19BrN4O2S/c1-11(21(2)12-6-4-3-5-7-12)10-18-16(23)20-19-15(22)13-8-9-14(17)24-13/h3-9,11H,10H2,1-2H3,(H,19,22)(H2,18,20,23). The normalized spacial score (nSPS) is 11.5. The first-order chi connectivity index (χ1) is 11.5. The molecule has 24 heavy (non-hydrogen) atoms. The number of hydrogen-bond acceptors (Lipinski definition) is 4.